The molecule has 2 atom stereocenters. The molecule has 2 aromatic rings. The van der Waals surface area contributed by atoms with Crippen molar-refractivity contribution >= 4 is 38.9 Å². The Morgan fingerprint density at radius 3 is 2.32 bits per heavy atom. The maximum atomic E-state index is 12.9. The molecule has 0 radical (unpaired) electrons. The van der Waals surface area contributed by atoms with Gasteiger partial charge in [0.25, 0.3) is 15.9 Å². The van der Waals surface area contributed by atoms with E-state index in [0.29, 0.717) is 28.9 Å². The highest BCUT2D eigenvalue weighted by molar-refractivity contribution is 7.91. The molecule has 0 saturated carbocycles. The lowest BCUT2D eigenvalue weighted by atomic mass is 10.1. The van der Waals surface area contributed by atoms with Crippen molar-refractivity contribution in [1.82, 2.24) is 9.21 Å². The number of thiophene rings is 1. The molecule has 0 N–H and O–H groups in total. The molecule has 0 aliphatic carbocycles. The largest absolute Gasteiger partial charge is 0.482 e. The number of piperazine rings is 1. The normalized spacial score (nSPS) is 22.9. The van der Waals surface area contributed by atoms with Crippen molar-refractivity contribution < 1.29 is 22.7 Å². The Kier molecular flexibility index (Phi) is 5.26. The monoisotopic (exact) mass is 442 g/mol. The molecular formula is C18H19ClN2O5S2. The first-order valence-electron chi connectivity index (χ1n) is 8.83. The minimum absolute atomic E-state index is 0.196. The van der Waals surface area contributed by atoms with Crippen molar-refractivity contribution in [2.45, 2.75) is 23.3 Å². The quantitative estimate of drug-likeness (QED) is 0.729. The fraction of sp³-hybridized carbons (Fsp3) is 0.389. The van der Waals surface area contributed by atoms with Crippen LogP contribution in [-0.2, 0) is 14.8 Å². The zero-order chi connectivity index (χ0) is 19.9. The highest BCUT2D eigenvalue weighted by atomic mass is 35.5. The van der Waals surface area contributed by atoms with Crippen molar-refractivity contribution in [3.05, 3.63) is 40.7 Å². The van der Waals surface area contributed by atoms with Gasteiger partial charge >= 0.3 is 0 Å². The molecule has 1 fully saturated rings. The smallest absolute Gasteiger partial charge is 0.267 e. The first-order chi connectivity index (χ1) is 13.4. The first-order valence-corrected chi connectivity index (χ1v) is 11.5. The van der Waals surface area contributed by atoms with Crippen LogP contribution >= 0.6 is 22.9 Å². The average Bonchev–Trinajstić information content (AvgIpc) is 3.14. The van der Waals surface area contributed by atoms with E-state index in [0.717, 1.165) is 11.3 Å². The van der Waals surface area contributed by atoms with E-state index >= 15 is 0 Å². The van der Waals surface area contributed by atoms with Gasteiger partial charge < -0.3 is 14.4 Å². The Labute approximate surface area is 172 Å². The molecule has 1 saturated heterocycles. The Balaban J connectivity index is 1.42. The standard InChI is InChI=1S/C18H19ClN2O5S2/c1-12-17(26-14-5-3-2-4-13(14)25-12)18(22)20-8-10-21(11-9-20)28(23,24)16-7-6-15(19)27-16/h2-7,12,17H,8-11H2,1H3. The van der Waals surface area contributed by atoms with E-state index < -0.39 is 22.2 Å². The maximum absolute atomic E-state index is 12.9. The third-order valence-electron chi connectivity index (χ3n) is 4.78. The Morgan fingerprint density at radius 1 is 1.07 bits per heavy atom. The Bertz CT molecular complexity index is 985. The van der Waals surface area contributed by atoms with Crippen LogP contribution in [0.5, 0.6) is 11.5 Å². The zero-order valence-electron chi connectivity index (χ0n) is 15.1. The summed E-state index contributed by atoms with van der Waals surface area (Å²) >= 11 is 6.89. The molecule has 3 heterocycles. The van der Waals surface area contributed by atoms with Gasteiger partial charge in [-0.25, -0.2) is 8.42 Å². The number of amides is 1. The third kappa shape index (κ3) is 3.59. The lowest BCUT2D eigenvalue weighted by Gasteiger charge is -2.38. The molecular weight excluding hydrogens is 424 g/mol. The van der Waals surface area contributed by atoms with Crippen molar-refractivity contribution in [2.24, 2.45) is 0 Å². The molecule has 2 aliphatic rings. The van der Waals surface area contributed by atoms with Gasteiger partial charge in [-0.3, -0.25) is 4.79 Å². The van der Waals surface area contributed by atoms with Crippen molar-refractivity contribution in [3.8, 4) is 11.5 Å². The molecule has 4 rings (SSSR count). The van der Waals surface area contributed by atoms with Gasteiger partial charge in [-0.15, -0.1) is 11.3 Å². The van der Waals surface area contributed by atoms with Gasteiger partial charge in [-0.05, 0) is 31.2 Å². The van der Waals surface area contributed by atoms with E-state index in [4.69, 9.17) is 21.1 Å². The minimum Gasteiger partial charge on any atom is -0.482 e. The molecule has 0 bridgehead atoms. The molecule has 0 spiro atoms. The second-order valence-corrected chi connectivity index (χ2v) is 10.5. The summed E-state index contributed by atoms with van der Waals surface area (Å²) < 4.78 is 39.1. The molecule has 2 aliphatic heterocycles. The van der Waals surface area contributed by atoms with Crippen molar-refractivity contribution in [2.75, 3.05) is 26.2 Å². The highest BCUT2D eigenvalue weighted by Gasteiger charge is 2.39. The van der Waals surface area contributed by atoms with Gasteiger partial charge in [0.1, 0.15) is 10.3 Å². The van der Waals surface area contributed by atoms with Crippen LogP contribution in [0.25, 0.3) is 0 Å². The van der Waals surface area contributed by atoms with Crippen molar-refractivity contribution in [1.29, 1.82) is 0 Å². The summed E-state index contributed by atoms with van der Waals surface area (Å²) in [6.45, 7) is 2.83. The number of carbonyl (C=O) groups is 1. The molecule has 2 unspecified atom stereocenters. The summed E-state index contributed by atoms with van der Waals surface area (Å²) in [4.78, 5) is 14.6. The number of para-hydroxylation sites is 2. The summed E-state index contributed by atoms with van der Waals surface area (Å²) in [5.41, 5.74) is 0. The second kappa shape index (κ2) is 7.55. The summed E-state index contributed by atoms with van der Waals surface area (Å²) in [6.07, 6.45) is -1.19. The fourth-order valence-electron chi connectivity index (χ4n) is 3.28. The molecule has 1 aromatic heterocycles. The van der Waals surface area contributed by atoms with E-state index in [2.05, 4.69) is 0 Å². The fourth-order valence-corrected chi connectivity index (χ4v) is 6.34. The lowest BCUT2D eigenvalue weighted by Crippen LogP contribution is -2.56. The van der Waals surface area contributed by atoms with Gasteiger partial charge in [0.2, 0.25) is 6.10 Å². The van der Waals surface area contributed by atoms with Gasteiger partial charge in [0.05, 0.1) is 4.34 Å². The molecule has 7 nitrogen and oxygen atoms in total. The number of halogens is 1. The Hall–Kier alpha value is -1.81. The second-order valence-electron chi connectivity index (χ2n) is 6.60. The molecule has 1 aromatic carbocycles. The van der Waals surface area contributed by atoms with E-state index in [1.807, 2.05) is 12.1 Å². The number of fused-ring (bicyclic) bond motifs is 1. The average molecular weight is 443 g/mol. The number of sulfonamides is 1. The van der Waals surface area contributed by atoms with Gasteiger partial charge in [-0.2, -0.15) is 4.31 Å². The van der Waals surface area contributed by atoms with Gasteiger partial charge in [-0.1, -0.05) is 23.7 Å². The summed E-state index contributed by atoms with van der Waals surface area (Å²) in [5, 5.41) is 0. The highest BCUT2D eigenvalue weighted by Crippen LogP contribution is 2.34. The van der Waals surface area contributed by atoms with E-state index in [-0.39, 0.29) is 23.2 Å². The van der Waals surface area contributed by atoms with Crippen LogP contribution in [-0.4, -0.2) is 61.9 Å². The van der Waals surface area contributed by atoms with Crippen molar-refractivity contribution in [3.63, 3.8) is 0 Å². The Morgan fingerprint density at radius 2 is 1.71 bits per heavy atom. The number of rotatable bonds is 3. The minimum atomic E-state index is -3.59. The topological polar surface area (TPSA) is 76.2 Å². The van der Waals surface area contributed by atoms with Crippen LogP contribution in [0.15, 0.2) is 40.6 Å². The van der Waals surface area contributed by atoms with Crippen LogP contribution in [0.3, 0.4) is 0 Å². The number of benzene rings is 1. The zero-order valence-corrected chi connectivity index (χ0v) is 17.5. The summed E-state index contributed by atoms with van der Waals surface area (Å²) in [7, 11) is -3.59. The third-order valence-corrected chi connectivity index (χ3v) is 8.38. The first kappa shape index (κ1) is 19.5. The van der Waals surface area contributed by atoms with Crippen LogP contribution in [0.1, 0.15) is 6.92 Å². The van der Waals surface area contributed by atoms with E-state index in [1.165, 1.54) is 10.4 Å². The maximum Gasteiger partial charge on any atom is 0.267 e. The van der Waals surface area contributed by atoms with E-state index in [1.54, 1.807) is 30.0 Å². The van der Waals surface area contributed by atoms with Crippen LogP contribution in [0, 0.1) is 0 Å². The summed E-state index contributed by atoms with van der Waals surface area (Å²) in [6, 6.07) is 10.3. The number of hydrogen-bond acceptors (Lipinski definition) is 6. The van der Waals surface area contributed by atoms with Crippen LogP contribution in [0.4, 0.5) is 0 Å². The van der Waals surface area contributed by atoms with Crippen LogP contribution < -0.4 is 9.47 Å². The predicted molar refractivity (Wildman–Crippen MR) is 106 cm³/mol. The predicted octanol–water partition coefficient (Wildman–Crippen LogP) is 2.46. The van der Waals surface area contributed by atoms with Gasteiger partial charge in [0, 0.05) is 26.2 Å². The number of hydrogen-bond donors (Lipinski definition) is 0. The van der Waals surface area contributed by atoms with E-state index in [9.17, 15) is 13.2 Å². The molecule has 10 heteroatoms. The number of carbonyl (C=O) groups excluding carboxylic acids is 1. The SMILES string of the molecule is CC1Oc2ccccc2OC1C(=O)N1CCN(S(=O)(=O)c2ccc(Cl)s2)CC1. The summed E-state index contributed by atoms with van der Waals surface area (Å²) in [5.74, 6) is 0.956. The molecule has 1 amide bonds. The molecule has 28 heavy (non-hydrogen) atoms. The number of ether oxygens (including phenoxy) is 2. The van der Waals surface area contributed by atoms with Gasteiger partial charge in [0.15, 0.2) is 11.5 Å². The number of nitrogens with zero attached hydrogens (tertiary/aromatic N) is 2. The van der Waals surface area contributed by atoms with Crippen LogP contribution in [0.2, 0.25) is 4.34 Å². The molecule has 150 valence electrons. The lowest BCUT2D eigenvalue weighted by molar-refractivity contribution is -0.145.